The van der Waals surface area contributed by atoms with Crippen LogP contribution in [0.25, 0.3) is 0 Å². The summed E-state index contributed by atoms with van der Waals surface area (Å²) < 4.78 is 5.27. The maximum absolute atomic E-state index is 7.23. The van der Waals surface area contributed by atoms with Gasteiger partial charge in [0.05, 0.1) is 6.54 Å². The predicted octanol–water partition coefficient (Wildman–Crippen LogP) is 0.800. The first kappa shape index (κ1) is 6.27. The molecule has 0 fully saturated rings. The van der Waals surface area contributed by atoms with E-state index in [1.54, 1.807) is 12.1 Å². The third kappa shape index (κ3) is 1.07. The smallest absolute Gasteiger partial charge is 0.171 e. The van der Waals surface area contributed by atoms with Crippen LogP contribution in [0.2, 0.25) is 0 Å². The number of nitrogens with zero attached hydrogens (tertiary/aromatic N) is 1. The molecule has 4 nitrogen and oxygen atoms in total. The van der Waals surface area contributed by atoms with Gasteiger partial charge >= 0.3 is 0 Å². The van der Waals surface area contributed by atoms with Crippen LogP contribution < -0.4 is 15.8 Å². The van der Waals surface area contributed by atoms with Crippen LogP contribution in [0.1, 0.15) is 0 Å². The molecular formula is C7H8N3O. The fourth-order valence-electron chi connectivity index (χ4n) is 1.02. The van der Waals surface area contributed by atoms with Gasteiger partial charge in [-0.25, -0.2) is 4.98 Å². The molecule has 1 aliphatic heterocycles. The normalized spacial score (nSPS) is 14.5. The summed E-state index contributed by atoms with van der Waals surface area (Å²) >= 11 is 0. The predicted molar refractivity (Wildman–Crippen MR) is 41.0 cm³/mol. The number of aromatic nitrogens is 1. The van der Waals surface area contributed by atoms with Gasteiger partial charge in [-0.3, -0.25) is 5.73 Å². The molecule has 1 aliphatic rings. The molecule has 2 heterocycles. The standard InChI is InChI=1S/C7H8N3O/c8-6-2-1-5-7(10-6)9-3-4-11-5/h1-2,8H,3-4H2,(H,9,10). The highest BCUT2D eigenvalue weighted by atomic mass is 16.5. The van der Waals surface area contributed by atoms with Crippen LogP contribution in [0.3, 0.4) is 0 Å². The van der Waals surface area contributed by atoms with Gasteiger partial charge in [0.15, 0.2) is 11.6 Å². The van der Waals surface area contributed by atoms with Crippen molar-refractivity contribution < 1.29 is 4.74 Å². The highest BCUT2D eigenvalue weighted by molar-refractivity contribution is 5.54. The lowest BCUT2D eigenvalue weighted by Crippen LogP contribution is -2.18. The molecule has 0 aromatic carbocycles. The third-order valence-corrected chi connectivity index (χ3v) is 1.51. The summed E-state index contributed by atoms with van der Waals surface area (Å²) in [6.07, 6.45) is 0. The average molecular weight is 150 g/mol. The summed E-state index contributed by atoms with van der Waals surface area (Å²) in [6.45, 7) is 1.44. The largest absolute Gasteiger partial charge is 0.488 e. The second-order valence-corrected chi connectivity index (χ2v) is 2.32. The number of rotatable bonds is 0. The van der Waals surface area contributed by atoms with Crippen LogP contribution in [-0.4, -0.2) is 18.1 Å². The van der Waals surface area contributed by atoms with Crippen molar-refractivity contribution in [3.63, 3.8) is 0 Å². The number of anilines is 1. The molecular weight excluding hydrogens is 142 g/mol. The lowest BCUT2D eigenvalue weighted by molar-refractivity contribution is 0.321. The Morgan fingerprint density at radius 1 is 1.55 bits per heavy atom. The molecule has 57 valence electrons. The molecule has 0 saturated carbocycles. The lowest BCUT2D eigenvalue weighted by Gasteiger charge is -2.17. The molecule has 1 radical (unpaired) electrons. The molecule has 11 heavy (non-hydrogen) atoms. The van der Waals surface area contributed by atoms with E-state index in [4.69, 9.17) is 10.5 Å². The van der Waals surface area contributed by atoms with E-state index in [-0.39, 0.29) is 5.82 Å². The number of fused-ring (bicyclic) bond motifs is 1. The molecule has 0 bridgehead atoms. The summed E-state index contributed by atoms with van der Waals surface area (Å²) in [4.78, 5) is 3.94. The summed E-state index contributed by atoms with van der Waals surface area (Å²) in [6, 6.07) is 3.38. The van der Waals surface area contributed by atoms with Gasteiger partial charge in [-0.1, -0.05) is 0 Å². The minimum Gasteiger partial charge on any atom is -0.488 e. The summed E-state index contributed by atoms with van der Waals surface area (Å²) in [5, 5.41) is 3.05. The highest BCUT2D eigenvalue weighted by Gasteiger charge is 2.09. The van der Waals surface area contributed by atoms with Crippen LogP contribution in [0.15, 0.2) is 12.1 Å². The molecule has 2 rings (SSSR count). The van der Waals surface area contributed by atoms with Gasteiger partial charge in [0.2, 0.25) is 0 Å². The zero-order valence-corrected chi connectivity index (χ0v) is 5.92. The molecule has 0 saturated heterocycles. The third-order valence-electron chi connectivity index (χ3n) is 1.51. The molecule has 0 amide bonds. The van der Waals surface area contributed by atoms with E-state index in [0.717, 1.165) is 12.3 Å². The van der Waals surface area contributed by atoms with Crippen LogP contribution >= 0.6 is 0 Å². The van der Waals surface area contributed by atoms with Gasteiger partial charge < -0.3 is 10.1 Å². The van der Waals surface area contributed by atoms with Gasteiger partial charge in [-0.05, 0) is 12.1 Å². The van der Waals surface area contributed by atoms with Gasteiger partial charge in [0.1, 0.15) is 12.4 Å². The van der Waals surface area contributed by atoms with Gasteiger partial charge in [0, 0.05) is 0 Å². The SMILES string of the molecule is [NH]c1ccc2c(n1)NCCO2. The average Bonchev–Trinajstić information content (AvgIpc) is 2.04. The summed E-state index contributed by atoms with van der Waals surface area (Å²) in [5.41, 5.74) is 7.23. The fourth-order valence-corrected chi connectivity index (χ4v) is 1.02. The van der Waals surface area contributed by atoms with E-state index in [1.165, 1.54) is 0 Å². The Labute approximate surface area is 64.4 Å². The van der Waals surface area contributed by atoms with E-state index in [9.17, 15) is 0 Å². The molecule has 0 unspecified atom stereocenters. The molecule has 0 atom stereocenters. The second kappa shape index (κ2) is 2.30. The van der Waals surface area contributed by atoms with E-state index in [1.807, 2.05) is 0 Å². The van der Waals surface area contributed by atoms with Crippen molar-refractivity contribution in [1.29, 1.82) is 0 Å². The first-order chi connectivity index (χ1) is 5.36. The Morgan fingerprint density at radius 2 is 2.45 bits per heavy atom. The number of pyridine rings is 1. The molecule has 4 heteroatoms. The first-order valence-electron chi connectivity index (χ1n) is 3.45. The lowest BCUT2D eigenvalue weighted by atomic mass is 10.3. The molecule has 1 aromatic rings. The van der Waals surface area contributed by atoms with Crippen LogP contribution in [0.5, 0.6) is 5.75 Å². The number of hydrogen-bond acceptors (Lipinski definition) is 3. The topological polar surface area (TPSA) is 58.0 Å². The van der Waals surface area contributed by atoms with E-state index < -0.39 is 0 Å². The van der Waals surface area contributed by atoms with Crippen molar-refractivity contribution in [3.8, 4) is 5.75 Å². The Bertz CT molecular complexity index is 274. The molecule has 0 aliphatic carbocycles. The summed E-state index contributed by atoms with van der Waals surface area (Å²) in [7, 11) is 0. The van der Waals surface area contributed by atoms with Gasteiger partial charge in [-0.15, -0.1) is 0 Å². The zero-order chi connectivity index (χ0) is 7.68. The Hall–Kier alpha value is -1.45. The molecule has 2 N–H and O–H groups in total. The fraction of sp³-hybridized carbons (Fsp3) is 0.286. The van der Waals surface area contributed by atoms with Crippen LogP contribution in [0, 0.1) is 0 Å². The zero-order valence-electron chi connectivity index (χ0n) is 5.92. The van der Waals surface area contributed by atoms with Crippen molar-refractivity contribution in [2.24, 2.45) is 0 Å². The van der Waals surface area contributed by atoms with Crippen molar-refractivity contribution >= 4 is 11.6 Å². The molecule has 1 aromatic heterocycles. The highest BCUT2D eigenvalue weighted by Crippen LogP contribution is 2.25. The van der Waals surface area contributed by atoms with Crippen LogP contribution in [-0.2, 0) is 0 Å². The van der Waals surface area contributed by atoms with Crippen LogP contribution in [0.4, 0.5) is 11.6 Å². The number of ether oxygens (including phenoxy) is 1. The quantitative estimate of drug-likeness (QED) is 0.595. The van der Waals surface area contributed by atoms with Gasteiger partial charge in [0.25, 0.3) is 0 Å². The maximum Gasteiger partial charge on any atom is 0.171 e. The van der Waals surface area contributed by atoms with E-state index >= 15 is 0 Å². The van der Waals surface area contributed by atoms with Crippen molar-refractivity contribution in [2.45, 2.75) is 0 Å². The molecule has 0 spiro atoms. The van der Waals surface area contributed by atoms with Crippen molar-refractivity contribution in [2.75, 3.05) is 18.5 Å². The Morgan fingerprint density at radius 3 is 3.36 bits per heavy atom. The van der Waals surface area contributed by atoms with Crippen molar-refractivity contribution in [1.82, 2.24) is 10.7 Å². The minimum atomic E-state index is 0.266. The summed E-state index contributed by atoms with van der Waals surface area (Å²) in [5.74, 6) is 1.69. The maximum atomic E-state index is 7.23. The monoisotopic (exact) mass is 150 g/mol. The Kier molecular flexibility index (Phi) is 1.31. The second-order valence-electron chi connectivity index (χ2n) is 2.32. The van der Waals surface area contributed by atoms with Crippen molar-refractivity contribution in [3.05, 3.63) is 12.1 Å². The number of hydrogen-bond donors (Lipinski definition) is 1. The first-order valence-corrected chi connectivity index (χ1v) is 3.45. The number of nitrogens with one attached hydrogen (secondary N) is 2. The minimum absolute atomic E-state index is 0.266. The van der Waals surface area contributed by atoms with Gasteiger partial charge in [-0.2, -0.15) is 0 Å². The Balaban J connectivity index is 2.43. The van der Waals surface area contributed by atoms with E-state index in [2.05, 4.69) is 10.3 Å². The van der Waals surface area contributed by atoms with E-state index in [0.29, 0.717) is 12.4 Å².